The minimum atomic E-state index is 0. The fraction of sp³-hybridized carbons (Fsp3) is 0.556. The van der Waals surface area contributed by atoms with Crippen molar-refractivity contribution in [1.82, 2.24) is 0 Å². The van der Waals surface area contributed by atoms with Crippen molar-refractivity contribution in [3.63, 3.8) is 0 Å². The maximum Gasteiger partial charge on any atom is 0.211 e. The number of hydrogen-bond acceptors (Lipinski definition) is 0. The van der Waals surface area contributed by atoms with Crippen molar-refractivity contribution in [1.29, 1.82) is 0 Å². The van der Waals surface area contributed by atoms with Crippen LogP contribution in [0.4, 0.5) is 0 Å². The van der Waals surface area contributed by atoms with E-state index in [1.165, 1.54) is 73.6 Å². The summed E-state index contributed by atoms with van der Waals surface area (Å²) in [6, 6.07) is 17.9. The molecular formula is C36H52N2Ni. The van der Waals surface area contributed by atoms with E-state index in [1.54, 1.807) is 4.70 Å². The molecule has 1 aliphatic rings. The van der Waals surface area contributed by atoms with Gasteiger partial charge in [0.25, 0.3) is 0 Å². The molecule has 0 aromatic heterocycles. The van der Waals surface area contributed by atoms with Gasteiger partial charge in [0.1, 0.15) is 0 Å². The van der Waals surface area contributed by atoms with Crippen molar-refractivity contribution < 1.29 is 21.2 Å². The summed E-state index contributed by atoms with van der Waals surface area (Å²) < 4.78 is 1.55. The largest absolute Gasteiger partial charge is 0.493 e. The van der Waals surface area contributed by atoms with Crippen molar-refractivity contribution in [3.8, 4) is 0 Å². The van der Waals surface area contributed by atoms with Gasteiger partial charge in [0.2, 0.25) is 11.4 Å². The average Bonchev–Trinajstić information content (AvgIpc) is 3.22. The first kappa shape index (κ1) is 33.2. The Hall–Kier alpha value is -1.99. The van der Waals surface area contributed by atoms with Gasteiger partial charge in [0.05, 0.1) is 0 Å². The van der Waals surface area contributed by atoms with E-state index >= 15 is 0 Å². The quantitative estimate of drug-likeness (QED) is 0.0966. The Morgan fingerprint density at radius 3 is 1.41 bits per heavy atom. The second-order valence-corrected chi connectivity index (χ2v) is 11.2. The molecular weight excluding hydrogens is 519 g/mol. The summed E-state index contributed by atoms with van der Waals surface area (Å²) in [7, 11) is 0. The molecule has 1 heterocycles. The van der Waals surface area contributed by atoms with Gasteiger partial charge in [-0.15, -0.1) is 0 Å². The Kier molecular flexibility index (Phi) is 15.7. The number of rotatable bonds is 18. The van der Waals surface area contributed by atoms with Crippen LogP contribution < -0.4 is 0 Å². The third-order valence-electron chi connectivity index (χ3n) is 7.96. The standard InChI is InChI=1S/C36H52N2.Ni/c1-5-9-13-14-15-16-20-30-22-18-24-32(28-30)36-34(26-12-8-4)33(25-11-7-3)35(38(36)37)31-23-17-21-29(27-31)19-10-6-2;/h17-18,21-24,27-28H,5-16,19-20,25-26H2,1-4H3;. The van der Waals surface area contributed by atoms with Crippen LogP contribution in [0.15, 0.2) is 59.7 Å². The summed E-state index contributed by atoms with van der Waals surface area (Å²) in [4.78, 5) is 0. The molecule has 0 bridgehead atoms. The zero-order chi connectivity index (χ0) is 27.2. The van der Waals surface area contributed by atoms with E-state index < -0.39 is 0 Å². The first-order valence-corrected chi connectivity index (χ1v) is 15.8. The fourth-order valence-electron chi connectivity index (χ4n) is 5.73. The van der Waals surface area contributed by atoms with Gasteiger partial charge in [-0.1, -0.05) is 103 Å². The van der Waals surface area contributed by atoms with E-state index in [2.05, 4.69) is 76.2 Å². The van der Waals surface area contributed by atoms with E-state index in [4.69, 9.17) is 0 Å². The molecule has 39 heavy (non-hydrogen) atoms. The molecule has 0 saturated carbocycles. The Morgan fingerprint density at radius 2 is 0.923 bits per heavy atom. The van der Waals surface area contributed by atoms with Crippen LogP contribution in [0.1, 0.15) is 140 Å². The van der Waals surface area contributed by atoms with E-state index in [0.717, 1.165) is 73.9 Å². The van der Waals surface area contributed by atoms with Crippen LogP contribution in [0.5, 0.6) is 0 Å². The molecule has 1 aliphatic heterocycles. The summed E-state index contributed by atoms with van der Waals surface area (Å²) in [6.07, 6.45) is 19.1. The molecule has 3 heteroatoms. The summed E-state index contributed by atoms with van der Waals surface area (Å²) in [5.74, 6) is 0. The second-order valence-electron chi connectivity index (χ2n) is 11.2. The first-order chi connectivity index (χ1) is 18.6. The Labute approximate surface area is 249 Å². The third kappa shape index (κ3) is 9.56. The molecule has 0 aliphatic carbocycles. The van der Waals surface area contributed by atoms with Crippen molar-refractivity contribution in [2.75, 3.05) is 0 Å². The maximum atomic E-state index is 11.9. The van der Waals surface area contributed by atoms with Crippen molar-refractivity contribution in [3.05, 3.63) is 87.5 Å². The zero-order valence-electron chi connectivity index (χ0n) is 25.1. The summed E-state index contributed by atoms with van der Waals surface area (Å²) in [6.45, 7) is 9.05. The Bertz CT molecular complexity index is 1090. The average molecular weight is 572 g/mol. The summed E-state index contributed by atoms with van der Waals surface area (Å²) in [5, 5.41) is 0. The van der Waals surface area contributed by atoms with Gasteiger partial charge in [0, 0.05) is 38.8 Å². The Morgan fingerprint density at radius 1 is 0.513 bits per heavy atom. The molecule has 0 unspecified atom stereocenters. The van der Waals surface area contributed by atoms with Gasteiger partial charge < -0.3 is 5.53 Å². The van der Waals surface area contributed by atoms with Crippen molar-refractivity contribution in [2.24, 2.45) is 0 Å². The Balaban J connectivity index is 0.00000533. The van der Waals surface area contributed by atoms with Crippen LogP contribution in [-0.2, 0) is 29.3 Å². The topological polar surface area (TPSA) is 25.3 Å². The predicted octanol–water partition coefficient (Wildman–Crippen LogP) is 11.5. The SMILES string of the molecule is CCCCCCCCc1cccc(C2=C(CCCC)C(CCCC)=C(c3cccc(CCCC)c3)[N+]2=[N-])c1.[Ni]. The zero-order valence-corrected chi connectivity index (χ0v) is 26.1. The molecule has 2 aromatic rings. The minimum absolute atomic E-state index is 0. The van der Waals surface area contributed by atoms with Crippen LogP contribution in [0.3, 0.4) is 0 Å². The molecule has 0 fully saturated rings. The van der Waals surface area contributed by atoms with Crippen molar-refractivity contribution >= 4 is 11.4 Å². The molecule has 0 amide bonds. The number of nitrogens with zero attached hydrogens (tertiary/aromatic N) is 2. The van der Waals surface area contributed by atoms with Gasteiger partial charge in [-0.25, -0.2) is 4.70 Å². The van der Waals surface area contributed by atoms with Crippen LogP contribution in [0.25, 0.3) is 16.9 Å². The summed E-state index contributed by atoms with van der Waals surface area (Å²) in [5.41, 5.74) is 21.7. The van der Waals surface area contributed by atoms with E-state index in [-0.39, 0.29) is 16.5 Å². The second kappa shape index (κ2) is 18.4. The fourth-order valence-corrected chi connectivity index (χ4v) is 5.73. The van der Waals surface area contributed by atoms with E-state index in [1.807, 2.05) is 0 Å². The monoisotopic (exact) mass is 570 g/mol. The van der Waals surface area contributed by atoms with Crippen LogP contribution >= 0.6 is 0 Å². The molecule has 0 N–H and O–H groups in total. The van der Waals surface area contributed by atoms with Crippen molar-refractivity contribution in [2.45, 2.75) is 130 Å². The molecule has 0 saturated heterocycles. The van der Waals surface area contributed by atoms with Crippen LogP contribution in [-0.4, -0.2) is 4.70 Å². The normalized spacial score (nSPS) is 13.4. The van der Waals surface area contributed by atoms with Crippen LogP contribution in [0.2, 0.25) is 0 Å². The van der Waals surface area contributed by atoms with Gasteiger partial charge in [0.15, 0.2) is 0 Å². The maximum absolute atomic E-state index is 11.9. The van der Waals surface area contributed by atoms with Crippen LogP contribution in [0, 0.1) is 0 Å². The third-order valence-corrected chi connectivity index (χ3v) is 7.96. The number of benzene rings is 2. The first-order valence-electron chi connectivity index (χ1n) is 15.8. The minimum Gasteiger partial charge on any atom is -0.493 e. The van der Waals surface area contributed by atoms with E-state index in [9.17, 15) is 5.53 Å². The molecule has 0 radical (unpaired) electrons. The molecule has 3 rings (SSSR count). The van der Waals surface area contributed by atoms with E-state index in [0.29, 0.717) is 0 Å². The number of unbranched alkanes of at least 4 members (excludes halogenated alkanes) is 8. The van der Waals surface area contributed by atoms with Gasteiger partial charge in [-0.05, 0) is 86.8 Å². The van der Waals surface area contributed by atoms with Gasteiger partial charge in [-0.2, -0.15) is 0 Å². The molecule has 0 atom stereocenters. The summed E-state index contributed by atoms with van der Waals surface area (Å²) >= 11 is 0. The molecule has 2 nitrogen and oxygen atoms in total. The molecule has 216 valence electrons. The molecule has 0 spiro atoms. The predicted molar refractivity (Wildman–Crippen MR) is 165 cm³/mol. The number of allylic oxidation sites excluding steroid dienone is 2. The number of aryl methyl sites for hydroxylation is 2. The van der Waals surface area contributed by atoms with Gasteiger partial charge in [-0.3, -0.25) is 0 Å². The van der Waals surface area contributed by atoms with Gasteiger partial charge >= 0.3 is 0 Å². The number of hydrogen-bond donors (Lipinski definition) is 0. The smallest absolute Gasteiger partial charge is 0.211 e. The molecule has 2 aromatic carbocycles.